The zero-order valence-corrected chi connectivity index (χ0v) is 19.4. The first-order valence-corrected chi connectivity index (χ1v) is 10.3. The summed E-state index contributed by atoms with van der Waals surface area (Å²) >= 11 is 0. The van der Waals surface area contributed by atoms with Crippen LogP contribution in [0.25, 0.3) is 0 Å². The molecule has 0 aromatic carbocycles. The number of likely N-dealkylation sites (tertiary alicyclic amines) is 1. The maximum atomic E-state index is 6.11. The van der Waals surface area contributed by atoms with Crippen molar-refractivity contribution in [2.24, 2.45) is 16.3 Å². The van der Waals surface area contributed by atoms with E-state index in [4.69, 9.17) is 4.74 Å². The van der Waals surface area contributed by atoms with Crippen molar-refractivity contribution in [2.75, 3.05) is 33.3 Å². The topological polar surface area (TPSA) is 48.9 Å². The van der Waals surface area contributed by atoms with E-state index in [0.717, 1.165) is 25.2 Å². The van der Waals surface area contributed by atoms with Crippen molar-refractivity contribution in [3.63, 3.8) is 0 Å². The highest BCUT2D eigenvalue weighted by atomic mass is 127. The Balaban J connectivity index is 0.00000243. The van der Waals surface area contributed by atoms with Crippen LogP contribution in [0.2, 0.25) is 0 Å². The Morgan fingerprint density at radius 2 is 1.81 bits per heavy atom. The average Bonchev–Trinajstić information content (AvgIpc) is 3.43. The summed E-state index contributed by atoms with van der Waals surface area (Å²) < 4.78 is 6.11. The summed E-state index contributed by atoms with van der Waals surface area (Å²) in [5.41, 5.74) is 0.194. The SMILES string of the molecule is CN=C(NCC1CCCOC1C(C)(C)C)NC1CCN(C2CC2)CC1.I. The second-order valence-electron chi connectivity index (χ2n) is 9.20. The summed E-state index contributed by atoms with van der Waals surface area (Å²) in [6.07, 6.45) is 8.03. The molecule has 2 unspecified atom stereocenters. The van der Waals surface area contributed by atoms with Crippen LogP contribution in [0.4, 0.5) is 0 Å². The number of guanidine groups is 1. The van der Waals surface area contributed by atoms with Gasteiger partial charge in [0.05, 0.1) is 6.10 Å². The molecule has 0 aromatic heterocycles. The molecule has 1 saturated carbocycles. The number of halogens is 1. The van der Waals surface area contributed by atoms with E-state index in [9.17, 15) is 0 Å². The van der Waals surface area contributed by atoms with Gasteiger partial charge in [0, 0.05) is 51.3 Å². The number of piperidine rings is 1. The van der Waals surface area contributed by atoms with Gasteiger partial charge < -0.3 is 20.3 Å². The van der Waals surface area contributed by atoms with Gasteiger partial charge in [0.1, 0.15) is 0 Å². The highest BCUT2D eigenvalue weighted by Crippen LogP contribution is 2.33. The molecule has 2 aliphatic heterocycles. The molecule has 2 N–H and O–H groups in total. The normalized spacial score (nSPS) is 29.2. The molecule has 3 rings (SSSR count). The van der Waals surface area contributed by atoms with Crippen LogP contribution in [0.3, 0.4) is 0 Å². The van der Waals surface area contributed by atoms with Gasteiger partial charge in [-0.25, -0.2) is 0 Å². The van der Waals surface area contributed by atoms with Crippen molar-refractivity contribution >= 4 is 29.9 Å². The molecule has 1 aliphatic carbocycles. The number of aliphatic imine (C=N–C) groups is 1. The van der Waals surface area contributed by atoms with Gasteiger partial charge in [-0.3, -0.25) is 4.99 Å². The Kier molecular flexibility index (Phi) is 8.47. The summed E-state index contributed by atoms with van der Waals surface area (Å²) in [7, 11) is 1.88. The summed E-state index contributed by atoms with van der Waals surface area (Å²) in [5.74, 6) is 1.52. The van der Waals surface area contributed by atoms with Crippen LogP contribution in [-0.4, -0.2) is 62.3 Å². The van der Waals surface area contributed by atoms with Crippen LogP contribution in [0.5, 0.6) is 0 Å². The smallest absolute Gasteiger partial charge is 0.191 e. The maximum Gasteiger partial charge on any atom is 0.191 e. The fraction of sp³-hybridized carbons (Fsp3) is 0.950. The fourth-order valence-corrected chi connectivity index (χ4v) is 4.47. The molecule has 0 aromatic rings. The van der Waals surface area contributed by atoms with Crippen LogP contribution >= 0.6 is 24.0 Å². The number of nitrogens with zero attached hydrogens (tertiary/aromatic N) is 2. The molecule has 2 saturated heterocycles. The second-order valence-corrected chi connectivity index (χ2v) is 9.20. The first-order chi connectivity index (χ1) is 12.0. The van der Waals surface area contributed by atoms with Crippen molar-refractivity contribution in [1.29, 1.82) is 0 Å². The van der Waals surface area contributed by atoms with Gasteiger partial charge in [-0.1, -0.05) is 20.8 Å². The van der Waals surface area contributed by atoms with E-state index >= 15 is 0 Å². The predicted octanol–water partition coefficient (Wildman–Crippen LogP) is 3.24. The Hall–Kier alpha value is -0.0800. The lowest BCUT2D eigenvalue weighted by atomic mass is 9.78. The van der Waals surface area contributed by atoms with Crippen LogP contribution in [0.1, 0.15) is 59.3 Å². The lowest BCUT2D eigenvalue weighted by Crippen LogP contribution is -2.51. The van der Waals surface area contributed by atoms with Crippen LogP contribution in [0.15, 0.2) is 4.99 Å². The first-order valence-electron chi connectivity index (χ1n) is 10.3. The highest BCUT2D eigenvalue weighted by Gasteiger charge is 2.35. The predicted molar refractivity (Wildman–Crippen MR) is 119 cm³/mol. The van der Waals surface area contributed by atoms with Gasteiger partial charge in [0.2, 0.25) is 0 Å². The molecule has 0 bridgehead atoms. The van der Waals surface area contributed by atoms with E-state index in [0.29, 0.717) is 18.1 Å². The quantitative estimate of drug-likeness (QED) is 0.370. The lowest BCUT2D eigenvalue weighted by molar-refractivity contribution is -0.0835. The van der Waals surface area contributed by atoms with E-state index in [1.807, 2.05) is 7.05 Å². The van der Waals surface area contributed by atoms with Gasteiger partial charge in [-0.15, -0.1) is 24.0 Å². The maximum absolute atomic E-state index is 6.11. The number of hydrogen-bond acceptors (Lipinski definition) is 3. The third kappa shape index (κ3) is 6.23. The summed E-state index contributed by atoms with van der Waals surface area (Å²) in [6, 6.07) is 1.46. The van der Waals surface area contributed by atoms with Crippen molar-refractivity contribution < 1.29 is 4.74 Å². The second kappa shape index (κ2) is 9.92. The molecule has 2 heterocycles. The summed E-state index contributed by atoms with van der Waals surface area (Å²) in [5, 5.41) is 7.23. The third-order valence-electron chi connectivity index (χ3n) is 5.99. The monoisotopic (exact) mass is 478 g/mol. The van der Waals surface area contributed by atoms with Gasteiger partial charge in [-0.2, -0.15) is 0 Å². The number of hydrogen-bond donors (Lipinski definition) is 2. The molecular weight excluding hydrogens is 439 g/mol. The zero-order chi connectivity index (χ0) is 17.9. The molecule has 0 radical (unpaired) electrons. The summed E-state index contributed by atoms with van der Waals surface area (Å²) in [6.45, 7) is 11.2. The van der Waals surface area contributed by atoms with Crippen LogP contribution in [0, 0.1) is 11.3 Å². The first kappa shape index (κ1) is 22.2. The van der Waals surface area contributed by atoms with Gasteiger partial charge in [-0.05, 0) is 43.9 Å². The number of nitrogens with one attached hydrogen (secondary N) is 2. The Morgan fingerprint density at radius 3 is 2.38 bits per heavy atom. The number of ether oxygens (including phenoxy) is 1. The van der Waals surface area contributed by atoms with Crippen LogP contribution in [-0.2, 0) is 4.74 Å². The van der Waals surface area contributed by atoms with Gasteiger partial charge in [0.15, 0.2) is 5.96 Å². The van der Waals surface area contributed by atoms with E-state index < -0.39 is 0 Å². The molecule has 3 fully saturated rings. The van der Waals surface area contributed by atoms with Crippen molar-refractivity contribution in [3.05, 3.63) is 0 Å². The minimum atomic E-state index is 0. The molecule has 2 atom stereocenters. The largest absolute Gasteiger partial charge is 0.377 e. The Labute approximate surface area is 177 Å². The minimum absolute atomic E-state index is 0. The van der Waals surface area contributed by atoms with Crippen molar-refractivity contribution in [2.45, 2.75) is 77.5 Å². The van der Waals surface area contributed by atoms with Gasteiger partial charge >= 0.3 is 0 Å². The average molecular weight is 478 g/mol. The fourth-order valence-electron chi connectivity index (χ4n) is 4.47. The molecule has 152 valence electrons. The van der Waals surface area contributed by atoms with E-state index in [1.54, 1.807) is 0 Å². The van der Waals surface area contributed by atoms with Gasteiger partial charge in [0.25, 0.3) is 0 Å². The molecule has 6 heteroatoms. The molecule has 0 amide bonds. The minimum Gasteiger partial charge on any atom is -0.377 e. The molecular formula is C20H39IN4O. The van der Waals surface area contributed by atoms with E-state index in [-0.39, 0.29) is 29.4 Å². The molecule has 5 nitrogen and oxygen atoms in total. The number of rotatable bonds is 4. The zero-order valence-electron chi connectivity index (χ0n) is 17.1. The molecule has 3 aliphatic rings. The highest BCUT2D eigenvalue weighted by molar-refractivity contribution is 14.0. The van der Waals surface area contributed by atoms with Crippen LogP contribution < -0.4 is 10.6 Å². The van der Waals surface area contributed by atoms with E-state index in [1.165, 1.54) is 51.6 Å². The standard InChI is InChI=1S/C20H38N4O.HI/c1-20(2,3)18-15(6-5-13-25-18)14-22-19(21-4)23-16-9-11-24(12-10-16)17-7-8-17;/h15-18H,5-14H2,1-4H3,(H2,21,22,23);1H. The van der Waals surface area contributed by atoms with Crippen molar-refractivity contribution in [1.82, 2.24) is 15.5 Å². The molecule has 26 heavy (non-hydrogen) atoms. The molecule has 0 spiro atoms. The summed E-state index contributed by atoms with van der Waals surface area (Å²) in [4.78, 5) is 7.13. The Bertz CT molecular complexity index is 453. The lowest BCUT2D eigenvalue weighted by Gasteiger charge is -2.40. The Morgan fingerprint density at radius 1 is 1.12 bits per heavy atom. The third-order valence-corrected chi connectivity index (χ3v) is 5.99. The van der Waals surface area contributed by atoms with Crippen molar-refractivity contribution in [3.8, 4) is 0 Å². The van der Waals surface area contributed by atoms with E-state index in [2.05, 4.69) is 41.3 Å².